The molecule has 0 bridgehead atoms. The van der Waals surface area contributed by atoms with Crippen molar-refractivity contribution in [3.8, 4) is 0 Å². The number of carbonyl (C=O) groups is 1. The van der Waals surface area contributed by atoms with Gasteiger partial charge in [-0.3, -0.25) is 4.79 Å². The van der Waals surface area contributed by atoms with E-state index in [1.165, 1.54) is 17.3 Å². The minimum absolute atomic E-state index is 0.116. The van der Waals surface area contributed by atoms with E-state index in [0.29, 0.717) is 4.88 Å². The third-order valence-corrected chi connectivity index (χ3v) is 9.69. The number of hydrogen-bond acceptors (Lipinski definition) is 6. The van der Waals surface area contributed by atoms with Gasteiger partial charge in [-0.15, -0.1) is 11.3 Å². The lowest BCUT2D eigenvalue weighted by Gasteiger charge is -2.16. The van der Waals surface area contributed by atoms with Crippen molar-refractivity contribution in [2.75, 3.05) is 5.75 Å². The maximum absolute atomic E-state index is 12.8. The van der Waals surface area contributed by atoms with Crippen LogP contribution in [0.1, 0.15) is 59.4 Å². The molecule has 29 heavy (non-hydrogen) atoms. The zero-order valence-corrected chi connectivity index (χ0v) is 18.9. The van der Waals surface area contributed by atoms with Crippen LogP contribution in [0, 0.1) is 0 Å². The molecule has 0 atom stereocenters. The lowest BCUT2D eigenvalue weighted by molar-refractivity contribution is -0.116. The van der Waals surface area contributed by atoms with Gasteiger partial charge in [0.25, 0.3) is 0 Å². The predicted octanol–water partition coefficient (Wildman–Crippen LogP) is 3.59. The molecule has 0 saturated heterocycles. The van der Waals surface area contributed by atoms with Crippen molar-refractivity contribution in [3.63, 3.8) is 0 Å². The van der Waals surface area contributed by atoms with Crippen LogP contribution < -0.4 is 0 Å². The number of rotatable bonds is 6. The molecule has 1 aromatic heterocycles. The first kappa shape index (κ1) is 21.0. The van der Waals surface area contributed by atoms with Crippen LogP contribution in [0.3, 0.4) is 0 Å². The van der Waals surface area contributed by atoms with Crippen molar-refractivity contribution in [2.24, 2.45) is 0 Å². The summed E-state index contributed by atoms with van der Waals surface area (Å²) in [6, 6.07) is 0. The third kappa shape index (κ3) is 3.90. The van der Waals surface area contributed by atoms with Gasteiger partial charge in [0.15, 0.2) is 5.78 Å². The van der Waals surface area contributed by atoms with Gasteiger partial charge in [-0.05, 0) is 80.2 Å². The second-order valence-electron chi connectivity index (χ2n) is 8.44. The standard InChI is InChI=1S/C21H24ClNO4S2/c1-21(2,25)18-10-23-20(28-18)29(26,27)11-12(24)9-17-13-5-3-7-15(13)19(22)16-8-4-6-14(16)17/h10,25H,3-9,11H2,1-2H3. The summed E-state index contributed by atoms with van der Waals surface area (Å²) in [7, 11) is -3.83. The summed E-state index contributed by atoms with van der Waals surface area (Å²) < 4.78 is 25.3. The van der Waals surface area contributed by atoms with Crippen LogP contribution in [0.5, 0.6) is 0 Å². The van der Waals surface area contributed by atoms with Crippen LogP contribution in [-0.4, -0.2) is 30.0 Å². The molecular formula is C21H24ClNO4S2. The van der Waals surface area contributed by atoms with Crippen LogP contribution in [0.2, 0.25) is 5.02 Å². The van der Waals surface area contributed by atoms with Gasteiger partial charge in [0, 0.05) is 17.6 Å². The molecule has 0 saturated carbocycles. The summed E-state index contributed by atoms with van der Waals surface area (Å²) in [4.78, 5) is 17.2. The number of Topliss-reactive ketones (excluding diaryl/α,β-unsaturated/α-hetero) is 1. The third-order valence-electron chi connectivity index (χ3n) is 5.77. The summed E-state index contributed by atoms with van der Waals surface area (Å²) in [6.07, 6.45) is 7.20. The van der Waals surface area contributed by atoms with Gasteiger partial charge in [0.05, 0.1) is 10.5 Å². The first-order chi connectivity index (χ1) is 13.6. The molecule has 5 nitrogen and oxygen atoms in total. The highest BCUT2D eigenvalue weighted by Crippen LogP contribution is 2.41. The van der Waals surface area contributed by atoms with E-state index in [1.807, 2.05) is 0 Å². The zero-order valence-electron chi connectivity index (χ0n) is 16.5. The summed E-state index contributed by atoms with van der Waals surface area (Å²) in [5.74, 6) is -0.895. The van der Waals surface area contributed by atoms with Crippen LogP contribution in [0.4, 0.5) is 0 Å². The molecular weight excluding hydrogens is 430 g/mol. The first-order valence-corrected chi connectivity index (χ1v) is 12.7. The lowest BCUT2D eigenvalue weighted by atomic mass is 9.91. The van der Waals surface area contributed by atoms with E-state index >= 15 is 0 Å². The Balaban J connectivity index is 1.59. The number of carbonyl (C=O) groups excluding carboxylic acids is 1. The number of benzene rings is 1. The van der Waals surface area contributed by atoms with Crippen LogP contribution in [0.15, 0.2) is 10.5 Å². The fraction of sp³-hybridized carbons (Fsp3) is 0.524. The van der Waals surface area contributed by atoms with Gasteiger partial charge in [0.2, 0.25) is 14.2 Å². The molecule has 4 rings (SSSR count). The van der Waals surface area contributed by atoms with Crippen LogP contribution >= 0.6 is 22.9 Å². The highest BCUT2D eigenvalue weighted by atomic mass is 35.5. The molecule has 2 aliphatic carbocycles. The number of hydrogen-bond donors (Lipinski definition) is 1. The maximum Gasteiger partial charge on any atom is 0.212 e. The topological polar surface area (TPSA) is 84.3 Å². The number of thiazole rings is 1. The van der Waals surface area contributed by atoms with Crippen molar-refractivity contribution >= 4 is 38.6 Å². The second kappa shape index (κ2) is 7.45. The molecule has 0 fully saturated rings. The van der Waals surface area contributed by atoms with Crippen molar-refractivity contribution in [3.05, 3.63) is 43.9 Å². The number of sulfone groups is 1. The summed E-state index contributed by atoms with van der Waals surface area (Å²) in [5, 5.41) is 10.9. The minimum Gasteiger partial charge on any atom is -0.385 e. The molecule has 0 unspecified atom stereocenters. The molecule has 0 aliphatic heterocycles. The fourth-order valence-corrected chi connectivity index (χ4v) is 7.30. The van der Waals surface area contributed by atoms with E-state index in [9.17, 15) is 18.3 Å². The monoisotopic (exact) mass is 453 g/mol. The Morgan fingerprint density at radius 1 is 1.14 bits per heavy atom. The molecule has 1 N–H and O–H groups in total. The van der Waals surface area contributed by atoms with E-state index in [4.69, 9.17) is 11.6 Å². The number of nitrogens with zero attached hydrogens (tertiary/aromatic N) is 1. The van der Waals surface area contributed by atoms with E-state index in [2.05, 4.69) is 4.98 Å². The molecule has 0 radical (unpaired) electrons. The van der Waals surface area contributed by atoms with Crippen molar-refractivity contribution < 1.29 is 18.3 Å². The SMILES string of the molecule is CC(C)(O)c1cnc(S(=O)(=O)CC(=O)Cc2c3c(c(Cl)c4c2CCC4)CCC3)s1. The van der Waals surface area contributed by atoms with Crippen molar-refractivity contribution in [1.29, 1.82) is 0 Å². The van der Waals surface area contributed by atoms with Gasteiger partial charge in [-0.25, -0.2) is 13.4 Å². The van der Waals surface area contributed by atoms with E-state index in [0.717, 1.165) is 71.6 Å². The zero-order chi connectivity index (χ0) is 21.0. The van der Waals surface area contributed by atoms with Crippen LogP contribution in [-0.2, 0) is 52.3 Å². The number of fused-ring (bicyclic) bond motifs is 2. The quantitative estimate of drug-likeness (QED) is 0.722. The van der Waals surface area contributed by atoms with Gasteiger partial charge in [-0.1, -0.05) is 11.6 Å². The molecule has 0 amide bonds. The Morgan fingerprint density at radius 3 is 2.21 bits per heavy atom. The van der Waals surface area contributed by atoms with Crippen LogP contribution in [0.25, 0.3) is 0 Å². The van der Waals surface area contributed by atoms with Gasteiger partial charge < -0.3 is 5.11 Å². The Labute approximate surface area is 180 Å². The largest absolute Gasteiger partial charge is 0.385 e. The molecule has 156 valence electrons. The number of aromatic nitrogens is 1. The average molecular weight is 454 g/mol. The van der Waals surface area contributed by atoms with E-state index in [-0.39, 0.29) is 16.5 Å². The highest BCUT2D eigenvalue weighted by molar-refractivity contribution is 7.94. The fourth-order valence-electron chi connectivity index (χ4n) is 4.42. The molecule has 8 heteroatoms. The average Bonchev–Trinajstić information content (AvgIpc) is 3.37. The van der Waals surface area contributed by atoms with Gasteiger partial charge in [-0.2, -0.15) is 0 Å². The smallest absolute Gasteiger partial charge is 0.212 e. The molecule has 2 aromatic rings. The Kier molecular flexibility index (Phi) is 5.39. The molecule has 2 aliphatic rings. The molecule has 0 spiro atoms. The number of ketones is 1. The normalized spacial score (nSPS) is 16.1. The van der Waals surface area contributed by atoms with Gasteiger partial charge in [0.1, 0.15) is 5.75 Å². The van der Waals surface area contributed by atoms with E-state index in [1.54, 1.807) is 13.8 Å². The van der Waals surface area contributed by atoms with Crippen molar-refractivity contribution in [1.82, 2.24) is 4.98 Å². The predicted molar refractivity (Wildman–Crippen MR) is 114 cm³/mol. The Morgan fingerprint density at radius 2 is 1.69 bits per heavy atom. The molecule has 1 heterocycles. The van der Waals surface area contributed by atoms with E-state index < -0.39 is 21.2 Å². The summed E-state index contributed by atoms with van der Waals surface area (Å²) in [5.41, 5.74) is 4.51. The lowest BCUT2D eigenvalue weighted by Crippen LogP contribution is -2.19. The number of halogens is 1. The Hall–Kier alpha value is -1.28. The second-order valence-corrected chi connectivity index (χ2v) is 12.0. The highest BCUT2D eigenvalue weighted by Gasteiger charge is 2.31. The maximum atomic E-state index is 12.8. The Bertz CT molecular complexity index is 1060. The van der Waals surface area contributed by atoms with Gasteiger partial charge >= 0.3 is 0 Å². The first-order valence-electron chi connectivity index (χ1n) is 9.85. The van der Waals surface area contributed by atoms with Crippen molar-refractivity contribution in [2.45, 2.75) is 68.7 Å². The number of aliphatic hydroxyl groups is 1. The molecule has 1 aromatic carbocycles. The summed E-state index contributed by atoms with van der Waals surface area (Å²) in [6.45, 7) is 3.15. The summed E-state index contributed by atoms with van der Waals surface area (Å²) >= 11 is 7.54. The minimum atomic E-state index is -3.83.